The predicted molar refractivity (Wildman–Crippen MR) is 77.8 cm³/mol. The third-order valence-electron chi connectivity index (χ3n) is 3.23. The first-order valence-corrected chi connectivity index (χ1v) is 6.64. The maximum absolute atomic E-state index is 12.0. The number of hydrogen-bond donors (Lipinski definition) is 1. The first-order chi connectivity index (χ1) is 8.40. The van der Waals surface area contributed by atoms with E-state index in [9.17, 15) is 4.79 Å². The van der Waals surface area contributed by atoms with E-state index in [4.69, 9.17) is 11.6 Å². The Morgan fingerprint density at radius 2 is 1.61 bits per heavy atom. The van der Waals surface area contributed by atoms with E-state index in [0.29, 0.717) is 5.92 Å². The Morgan fingerprint density at radius 3 is 2.17 bits per heavy atom. The highest BCUT2D eigenvalue weighted by atomic mass is 35.5. The third kappa shape index (κ3) is 2.30. The Kier molecular flexibility index (Phi) is 3.49. The molecule has 0 saturated heterocycles. The molecule has 0 atom stereocenters. The molecule has 0 radical (unpaired) electrons. The van der Waals surface area contributed by atoms with Gasteiger partial charge >= 0.3 is 0 Å². The lowest BCUT2D eigenvalue weighted by Crippen LogP contribution is -2.13. The van der Waals surface area contributed by atoms with Crippen molar-refractivity contribution in [2.24, 2.45) is 0 Å². The number of rotatable bonds is 2. The number of halogens is 1. The van der Waals surface area contributed by atoms with Gasteiger partial charge in [-0.1, -0.05) is 39.3 Å². The summed E-state index contributed by atoms with van der Waals surface area (Å²) in [6.07, 6.45) is 0. The molecule has 0 bridgehead atoms. The number of benzene rings is 1. The van der Waals surface area contributed by atoms with Crippen LogP contribution in [-0.2, 0) is 0 Å². The van der Waals surface area contributed by atoms with Crippen molar-refractivity contribution in [3.05, 3.63) is 44.7 Å². The summed E-state index contributed by atoms with van der Waals surface area (Å²) < 4.78 is 0. The van der Waals surface area contributed by atoms with Gasteiger partial charge in [-0.15, -0.1) is 0 Å². The molecule has 18 heavy (non-hydrogen) atoms. The lowest BCUT2D eigenvalue weighted by atomic mass is 9.99. The summed E-state index contributed by atoms with van der Waals surface area (Å²) in [4.78, 5) is 14.9. The van der Waals surface area contributed by atoms with Gasteiger partial charge in [-0.05, 0) is 41.0 Å². The highest BCUT2D eigenvalue weighted by Crippen LogP contribution is 2.28. The van der Waals surface area contributed by atoms with Gasteiger partial charge in [0.15, 0.2) is 0 Å². The van der Waals surface area contributed by atoms with Crippen molar-refractivity contribution >= 4 is 22.5 Å². The van der Waals surface area contributed by atoms with Gasteiger partial charge in [0.05, 0.1) is 0 Å². The van der Waals surface area contributed by atoms with Crippen molar-refractivity contribution in [3.63, 3.8) is 0 Å². The van der Waals surface area contributed by atoms with E-state index in [2.05, 4.69) is 18.8 Å². The van der Waals surface area contributed by atoms with E-state index >= 15 is 0 Å². The van der Waals surface area contributed by atoms with Gasteiger partial charge in [0.25, 0.3) is 5.56 Å². The van der Waals surface area contributed by atoms with Crippen LogP contribution >= 0.6 is 11.6 Å². The summed E-state index contributed by atoms with van der Waals surface area (Å²) in [5, 5.41) is 1.76. The van der Waals surface area contributed by atoms with Crippen molar-refractivity contribution in [1.82, 2.24) is 4.98 Å². The average molecular weight is 264 g/mol. The highest BCUT2D eigenvalue weighted by Gasteiger charge is 2.11. The van der Waals surface area contributed by atoms with Crippen molar-refractivity contribution in [2.75, 3.05) is 0 Å². The van der Waals surface area contributed by atoms with Gasteiger partial charge < -0.3 is 4.98 Å². The Labute approximate surface area is 112 Å². The van der Waals surface area contributed by atoms with Crippen LogP contribution in [0.4, 0.5) is 0 Å². The molecule has 2 rings (SSSR count). The van der Waals surface area contributed by atoms with Gasteiger partial charge in [0.1, 0.15) is 0 Å². The number of aromatic amines is 1. The Hall–Kier alpha value is -1.28. The standard InChI is InChI=1S/C15H18ClNO/c1-8(2)11-7-14-10(6-13(11)16)5-12(9(3)4)15(18)17-14/h5-9H,1-4H3,(H,17,18). The molecule has 2 aromatic rings. The fraction of sp³-hybridized carbons (Fsp3) is 0.400. The van der Waals surface area contributed by atoms with E-state index in [0.717, 1.165) is 27.1 Å². The van der Waals surface area contributed by atoms with Gasteiger partial charge in [-0.25, -0.2) is 0 Å². The molecule has 96 valence electrons. The molecule has 1 aromatic carbocycles. The minimum absolute atomic E-state index is 0.00507. The summed E-state index contributed by atoms with van der Waals surface area (Å²) >= 11 is 6.28. The predicted octanol–water partition coefficient (Wildman–Crippen LogP) is 4.43. The molecule has 1 N–H and O–H groups in total. The molecule has 0 aliphatic rings. The number of aromatic nitrogens is 1. The van der Waals surface area contributed by atoms with Crippen LogP contribution in [-0.4, -0.2) is 4.98 Å². The smallest absolute Gasteiger partial charge is 0.251 e. The second-order valence-corrected chi connectivity index (χ2v) is 5.73. The maximum Gasteiger partial charge on any atom is 0.251 e. The molecule has 0 amide bonds. The fourth-order valence-electron chi connectivity index (χ4n) is 2.13. The molecule has 0 aliphatic heterocycles. The minimum atomic E-state index is -0.00507. The van der Waals surface area contributed by atoms with Crippen molar-refractivity contribution in [2.45, 2.75) is 39.5 Å². The monoisotopic (exact) mass is 263 g/mol. The summed E-state index contributed by atoms with van der Waals surface area (Å²) in [5.41, 5.74) is 2.72. The topological polar surface area (TPSA) is 32.9 Å². The summed E-state index contributed by atoms with van der Waals surface area (Å²) in [7, 11) is 0. The number of nitrogens with one attached hydrogen (secondary N) is 1. The Bertz CT molecular complexity index is 641. The van der Waals surface area contributed by atoms with E-state index in [1.807, 2.05) is 32.0 Å². The molecule has 0 aliphatic carbocycles. The zero-order chi connectivity index (χ0) is 13.4. The van der Waals surface area contributed by atoms with E-state index < -0.39 is 0 Å². The average Bonchev–Trinajstić information content (AvgIpc) is 2.27. The molecule has 1 heterocycles. The second-order valence-electron chi connectivity index (χ2n) is 5.32. The van der Waals surface area contributed by atoms with Crippen LogP contribution in [0.25, 0.3) is 10.9 Å². The Morgan fingerprint density at radius 1 is 1.00 bits per heavy atom. The molecule has 0 saturated carbocycles. The largest absolute Gasteiger partial charge is 0.322 e. The molecule has 0 unspecified atom stereocenters. The summed E-state index contributed by atoms with van der Waals surface area (Å²) in [5.74, 6) is 0.553. The fourth-order valence-corrected chi connectivity index (χ4v) is 2.52. The van der Waals surface area contributed by atoms with Gasteiger partial charge in [-0.2, -0.15) is 0 Å². The van der Waals surface area contributed by atoms with E-state index in [1.165, 1.54) is 0 Å². The summed E-state index contributed by atoms with van der Waals surface area (Å²) in [6.45, 7) is 8.21. The highest BCUT2D eigenvalue weighted by molar-refractivity contribution is 6.32. The van der Waals surface area contributed by atoms with Crippen LogP contribution in [0.5, 0.6) is 0 Å². The quantitative estimate of drug-likeness (QED) is 0.854. The van der Waals surface area contributed by atoms with Crippen molar-refractivity contribution in [3.8, 4) is 0 Å². The molecular weight excluding hydrogens is 246 g/mol. The van der Waals surface area contributed by atoms with Crippen molar-refractivity contribution in [1.29, 1.82) is 0 Å². The molecule has 0 spiro atoms. The first kappa shape index (κ1) is 13.2. The van der Waals surface area contributed by atoms with Gasteiger partial charge in [-0.3, -0.25) is 4.79 Å². The van der Waals surface area contributed by atoms with Crippen LogP contribution in [0.1, 0.15) is 50.7 Å². The first-order valence-electron chi connectivity index (χ1n) is 6.26. The number of hydrogen-bond acceptors (Lipinski definition) is 1. The lowest BCUT2D eigenvalue weighted by Gasteiger charge is -2.11. The molecule has 3 heteroatoms. The third-order valence-corrected chi connectivity index (χ3v) is 3.56. The van der Waals surface area contributed by atoms with Gasteiger partial charge in [0.2, 0.25) is 0 Å². The van der Waals surface area contributed by atoms with E-state index in [-0.39, 0.29) is 11.5 Å². The van der Waals surface area contributed by atoms with Crippen LogP contribution in [0.2, 0.25) is 5.02 Å². The number of H-pyrrole nitrogens is 1. The Balaban J connectivity index is 2.74. The zero-order valence-electron chi connectivity index (χ0n) is 11.2. The molecule has 2 nitrogen and oxygen atoms in total. The molecule has 1 aromatic heterocycles. The maximum atomic E-state index is 12.0. The summed E-state index contributed by atoms with van der Waals surface area (Å²) in [6, 6.07) is 5.86. The zero-order valence-corrected chi connectivity index (χ0v) is 11.9. The van der Waals surface area contributed by atoms with Crippen LogP contribution in [0.15, 0.2) is 23.0 Å². The van der Waals surface area contributed by atoms with E-state index in [1.54, 1.807) is 0 Å². The van der Waals surface area contributed by atoms with Crippen molar-refractivity contribution < 1.29 is 0 Å². The normalized spacial score (nSPS) is 11.7. The molecular formula is C15H18ClNO. The SMILES string of the molecule is CC(C)c1cc2[nH]c(=O)c(C(C)C)cc2cc1Cl. The molecule has 0 fully saturated rings. The number of fused-ring (bicyclic) bond motifs is 1. The second kappa shape index (κ2) is 4.77. The van der Waals surface area contributed by atoms with Crippen LogP contribution in [0.3, 0.4) is 0 Å². The van der Waals surface area contributed by atoms with Crippen LogP contribution in [0, 0.1) is 0 Å². The van der Waals surface area contributed by atoms with Gasteiger partial charge in [0, 0.05) is 16.1 Å². The number of pyridine rings is 1. The minimum Gasteiger partial charge on any atom is -0.322 e. The van der Waals surface area contributed by atoms with Crippen LogP contribution < -0.4 is 5.56 Å². The lowest BCUT2D eigenvalue weighted by molar-refractivity contribution is 0.847.